The fourth-order valence-corrected chi connectivity index (χ4v) is 3.95. The largest absolute Gasteiger partial charge is 0.453 e. The van der Waals surface area contributed by atoms with E-state index in [1.165, 1.54) is 0 Å². The van der Waals surface area contributed by atoms with E-state index in [-0.39, 0.29) is 0 Å². The van der Waals surface area contributed by atoms with E-state index in [1.807, 2.05) is 47.8 Å². The summed E-state index contributed by atoms with van der Waals surface area (Å²) in [5.74, 6) is 1.36. The van der Waals surface area contributed by atoms with Crippen molar-refractivity contribution in [2.75, 3.05) is 0 Å². The van der Waals surface area contributed by atoms with E-state index >= 15 is 0 Å². The fraction of sp³-hybridized carbons (Fsp3) is 0.125. The zero-order valence-electron chi connectivity index (χ0n) is 11.8. The molecule has 0 aliphatic heterocycles. The Balaban J connectivity index is 1.94. The molecule has 0 fully saturated rings. The Morgan fingerprint density at radius 1 is 0.773 bits per heavy atom. The number of hydrogen-bond donors (Lipinski definition) is 0. The smallest absolute Gasteiger partial charge is 0.157 e. The Morgan fingerprint density at radius 2 is 1.18 bits per heavy atom. The minimum absolute atomic E-state index is 0.662. The van der Waals surface area contributed by atoms with E-state index in [2.05, 4.69) is 0 Å². The van der Waals surface area contributed by atoms with Crippen LogP contribution in [0.2, 0.25) is 0 Å². The van der Waals surface area contributed by atoms with Crippen LogP contribution < -0.4 is 0 Å². The molecule has 0 N–H and O–H groups in total. The Hall–Kier alpha value is -2.18. The molecule has 0 amide bonds. The minimum atomic E-state index is 0.662. The lowest BCUT2D eigenvalue weighted by Gasteiger charge is -2.13. The van der Waals surface area contributed by atoms with E-state index in [0.717, 1.165) is 33.3 Å². The number of aryl methyl sites for hydroxylation is 2. The molecule has 0 aromatic carbocycles. The summed E-state index contributed by atoms with van der Waals surface area (Å²) in [5, 5.41) is 0. The molecule has 108 valence electrons. The molecule has 4 nitrogen and oxygen atoms in total. The van der Waals surface area contributed by atoms with Crippen molar-refractivity contribution in [2.45, 2.75) is 0 Å². The highest BCUT2D eigenvalue weighted by Gasteiger charge is 2.36. The summed E-state index contributed by atoms with van der Waals surface area (Å²) < 4.78 is 16.0. The number of fused-ring (bicyclic) bond motifs is 6. The summed E-state index contributed by atoms with van der Waals surface area (Å²) in [7, 11) is 3.94. The van der Waals surface area contributed by atoms with Crippen LogP contribution in [0.1, 0.15) is 22.6 Å². The number of rotatable bonds is 0. The van der Waals surface area contributed by atoms with Crippen molar-refractivity contribution in [3.8, 4) is 0 Å². The topological polar surface area (TPSA) is 36.1 Å². The maximum absolute atomic E-state index is 5.99. The number of hydrogen-bond acceptors (Lipinski definition) is 4. The second-order valence-corrected chi connectivity index (χ2v) is 6.37. The van der Waals surface area contributed by atoms with Gasteiger partial charge in [-0.25, -0.2) is 0 Å². The normalized spacial score (nSPS) is 14.1. The second-order valence-electron chi connectivity index (χ2n) is 5.55. The van der Waals surface area contributed by atoms with Crippen LogP contribution in [0.25, 0.3) is 22.2 Å². The van der Waals surface area contributed by atoms with Crippen LogP contribution in [0, 0.1) is 0 Å². The first-order valence-corrected chi connectivity index (χ1v) is 7.64. The first kappa shape index (κ1) is 12.4. The Labute approximate surface area is 135 Å². The van der Waals surface area contributed by atoms with Crippen molar-refractivity contribution in [1.82, 2.24) is 9.13 Å². The highest BCUT2D eigenvalue weighted by molar-refractivity contribution is 7.82. The molecule has 0 bridgehead atoms. The summed E-state index contributed by atoms with van der Waals surface area (Å²) in [6.07, 6.45) is 3.91. The van der Waals surface area contributed by atoms with Gasteiger partial charge in [-0.2, -0.15) is 0 Å². The van der Waals surface area contributed by atoms with Crippen molar-refractivity contribution in [1.29, 1.82) is 0 Å². The van der Waals surface area contributed by atoms with Crippen LogP contribution in [0.3, 0.4) is 0 Å². The van der Waals surface area contributed by atoms with Crippen LogP contribution in [0.5, 0.6) is 0 Å². The van der Waals surface area contributed by atoms with Gasteiger partial charge in [-0.1, -0.05) is 24.4 Å². The lowest BCUT2D eigenvalue weighted by molar-refractivity contribution is 0.594. The molecule has 4 aromatic heterocycles. The van der Waals surface area contributed by atoms with Crippen LogP contribution in [-0.4, -0.2) is 18.9 Å². The molecule has 4 heterocycles. The molecule has 0 unspecified atom stereocenters. The molecule has 1 aliphatic rings. The first-order valence-electron chi connectivity index (χ1n) is 6.83. The van der Waals surface area contributed by atoms with Gasteiger partial charge < -0.3 is 18.0 Å². The van der Waals surface area contributed by atoms with Gasteiger partial charge in [-0.3, -0.25) is 0 Å². The number of nitrogens with zero attached hydrogens (tertiary/aromatic N) is 2. The van der Waals surface area contributed by atoms with E-state index in [4.69, 9.17) is 33.3 Å². The number of aromatic nitrogens is 2. The summed E-state index contributed by atoms with van der Waals surface area (Å²) in [5.41, 5.74) is 5.26. The number of furan rings is 2. The van der Waals surface area contributed by atoms with Gasteiger partial charge in [0.05, 0.1) is 31.9 Å². The van der Waals surface area contributed by atoms with Crippen molar-refractivity contribution in [3.05, 3.63) is 47.2 Å². The summed E-state index contributed by atoms with van der Waals surface area (Å²) in [6.45, 7) is 0. The van der Waals surface area contributed by atoms with Crippen LogP contribution >= 0.6 is 24.4 Å². The van der Waals surface area contributed by atoms with Gasteiger partial charge in [0.25, 0.3) is 0 Å². The quantitative estimate of drug-likeness (QED) is 0.407. The lowest BCUT2D eigenvalue weighted by atomic mass is 9.95. The average molecular weight is 326 g/mol. The van der Waals surface area contributed by atoms with Gasteiger partial charge in [0.15, 0.2) is 22.7 Å². The molecule has 0 radical (unpaired) electrons. The monoisotopic (exact) mass is 326 g/mol. The molecule has 22 heavy (non-hydrogen) atoms. The maximum atomic E-state index is 5.99. The summed E-state index contributed by atoms with van der Waals surface area (Å²) >= 11 is 11.4. The zero-order valence-corrected chi connectivity index (χ0v) is 13.5. The standard InChI is InChI=1S/C16H10N2O2S2/c1-17-5-3-7-11(17)9-13(19-7)16(22)10-12-8(4-6-18(12)2)20-14(10)15(9)21/h3-6H,1-2H3. The molecule has 0 spiro atoms. The van der Waals surface area contributed by atoms with Gasteiger partial charge in [0.2, 0.25) is 0 Å². The Morgan fingerprint density at radius 3 is 1.59 bits per heavy atom. The molecule has 4 aromatic rings. The molecular formula is C16H10N2O2S2. The predicted molar refractivity (Wildman–Crippen MR) is 92.0 cm³/mol. The van der Waals surface area contributed by atoms with Crippen LogP contribution in [-0.2, 0) is 14.1 Å². The third-order valence-electron chi connectivity index (χ3n) is 4.29. The zero-order chi connectivity index (χ0) is 15.2. The van der Waals surface area contributed by atoms with E-state index in [9.17, 15) is 0 Å². The highest BCUT2D eigenvalue weighted by Crippen LogP contribution is 2.40. The van der Waals surface area contributed by atoms with Gasteiger partial charge in [-0.15, -0.1) is 0 Å². The summed E-state index contributed by atoms with van der Waals surface area (Å²) in [4.78, 5) is 1.32. The van der Waals surface area contributed by atoms with Crippen molar-refractivity contribution >= 4 is 56.4 Å². The first-order chi connectivity index (χ1) is 10.6. The third-order valence-corrected chi connectivity index (χ3v) is 5.07. The summed E-state index contributed by atoms with van der Waals surface area (Å²) in [6, 6.07) is 3.86. The number of thiocarbonyl (C=S) groups is 2. The van der Waals surface area contributed by atoms with Crippen molar-refractivity contribution < 1.29 is 8.83 Å². The van der Waals surface area contributed by atoms with E-state index < -0.39 is 0 Å². The van der Waals surface area contributed by atoms with Crippen molar-refractivity contribution in [2.24, 2.45) is 14.1 Å². The minimum Gasteiger partial charge on any atom is -0.453 e. The molecule has 5 rings (SSSR count). The highest BCUT2D eigenvalue weighted by atomic mass is 32.1. The molecule has 0 atom stereocenters. The Kier molecular flexibility index (Phi) is 2.12. The molecule has 0 saturated heterocycles. The van der Waals surface area contributed by atoms with E-state index in [1.54, 1.807) is 0 Å². The van der Waals surface area contributed by atoms with Crippen LogP contribution in [0.4, 0.5) is 0 Å². The van der Waals surface area contributed by atoms with Gasteiger partial charge >= 0.3 is 0 Å². The van der Waals surface area contributed by atoms with Gasteiger partial charge in [0.1, 0.15) is 0 Å². The maximum Gasteiger partial charge on any atom is 0.157 e. The van der Waals surface area contributed by atoms with Gasteiger partial charge in [-0.05, 0) is 12.1 Å². The third kappa shape index (κ3) is 1.24. The predicted octanol–water partition coefficient (Wildman–Crippen LogP) is 3.70. The molecular weight excluding hydrogens is 316 g/mol. The van der Waals surface area contributed by atoms with Crippen LogP contribution in [0.15, 0.2) is 33.4 Å². The van der Waals surface area contributed by atoms with Gasteiger partial charge in [0, 0.05) is 26.5 Å². The fourth-order valence-electron chi connectivity index (χ4n) is 3.28. The Bertz CT molecular complexity index is 1050. The molecule has 6 heteroatoms. The van der Waals surface area contributed by atoms with Crippen molar-refractivity contribution in [3.63, 3.8) is 0 Å². The molecule has 0 saturated carbocycles. The SMILES string of the molecule is Cn1ccc2oc3c(c21)C(=S)c1oc2ccn(C)c2c1C3=S. The second kappa shape index (κ2) is 3.77. The van der Waals surface area contributed by atoms with E-state index in [0.29, 0.717) is 21.2 Å². The lowest BCUT2D eigenvalue weighted by Crippen LogP contribution is -2.17. The average Bonchev–Trinajstić information content (AvgIpc) is 3.19. The molecule has 1 aliphatic carbocycles.